The Morgan fingerprint density at radius 3 is 2.27 bits per heavy atom. The van der Waals surface area contributed by atoms with Crippen LogP contribution in [0, 0.1) is 23.7 Å². The van der Waals surface area contributed by atoms with E-state index in [9.17, 15) is 13.2 Å². The lowest BCUT2D eigenvalue weighted by molar-refractivity contribution is -0.137. The average Bonchev–Trinajstić information content (AvgIpc) is 2.99. The second-order valence-electron chi connectivity index (χ2n) is 6.72. The molecule has 0 aliphatic heterocycles. The molecule has 1 saturated carbocycles. The molecule has 0 N–H and O–H groups in total. The highest BCUT2D eigenvalue weighted by atomic mass is 19.4. The Morgan fingerprint density at radius 1 is 1.04 bits per heavy atom. The summed E-state index contributed by atoms with van der Waals surface area (Å²) in [7, 11) is 1.61. The first-order chi connectivity index (χ1) is 12.4. The van der Waals surface area contributed by atoms with Crippen LogP contribution in [-0.2, 0) is 11.6 Å². The fraction of sp³-hybridized carbons (Fsp3) is 0.273. The average molecular weight is 354 g/mol. The summed E-state index contributed by atoms with van der Waals surface area (Å²) < 4.78 is 43.7. The third-order valence-electron chi connectivity index (χ3n) is 5.36. The third-order valence-corrected chi connectivity index (χ3v) is 5.36. The van der Waals surface area contributed by atoms with Crippen molar-refractivity contribution in [1.29, 1.82) is 0 Å². The Morgan fingerprint density at radius 2 is 1.73 bits per heavy atom. The van der Waals surface area contributed by atoms with E-state index in [0.717, 1.165) is 35.4 Å². The number of hydrogen-bond acceptors (Lipinski definition) is 1. The van der Waals surface area contributed by atoms with Gasteiger partial charge < -0.3 is 4.74 Å². The maximum absolute atomic E-state index is 12.8. The van der Waals surface area contributed by atoms with Gasteiger partial charge in [0.15, 0.2) is 0 Å². The second kappa shape index (κ2) is 5.95. The fourth-order valence-electron chi connectivity index (χ4n) is 3.92. The van der Waals surface area contributed by atoms with Gasteiger partial charge in [-0.25, -0.2) is 0 Å². The molecule has 0 radical (unpaired) electrons. The Balaban J connectivity index is 1.68. The second-order valence-corrected chi connectivity index (χ2v) is 6.72. The molecule has 26 heavy (non-hydrogen) atoms. The van der Waals surface area contributed by atoms with Crippen molar-refractivity contribution < 1.29 is 17.9 Å². The molecular formula is C22H17F3O. The Bertz CT molecular complexity index is 898. The molecular weight excluding hydrogens is 337 g/mol. The van der Waals surface area contributed by atoms with Gasteiger partial charge in [-0.3, -0.25) is 0 Å². The molecule has 4 heteroatoms. The van der Waals surface area contributed by atoms with E-state index >= 15 is 0 Å². The zero-order chi connectivity index (χ0) is 18.4. The molecule has 0 aromatic heterocycles. The Labute approximate surface area is 150 Å². The van der Waals surface area contributed by atoms with Crippen molar-refractivity contribution >= 4 is 0 Å². The van der Waals surface area contributed by atoms with E-state index in [1.165, 1.54) is 0 Å². The van der Waals surface area contributed by atoms with Crippen molar-refractivity contribution in [3.05, 3.63) is 77.4 Å². The molecule has 0 heterocycles. The van der Waals surface area contributed by atoms with E-state index in [1.54, 1.807) is 19.2 Å². The number of methoxy groups -OCH3 is 1. The minimum Gasteiger partial charge on any atom is -0.497 e. The number of ether oxygens (including phenoxy) is 1. The number of rotatable bonds is 2. The summed E-state index contributed by atoms with van der Waals surface area (Å²) in [5.41, 5.74) is 0.733. The molecule has 0 spiro atoms. The molecule has 1 fully saturated rings. The van der Waals surface area contributed by atoms with Crippen LogP contribution in [0.25, 0.3) is 0 Å². The maximum atomic E-state index is 12.8. The van der Waals surface area contributed by atoms with Gasteiger partial charge in [-0.1, -0.05) is 36.1 Å². The van der Waals surface area contributed by atoms with Gasteiger partial charge >= 0.3 is 6.18 Å². The van der Waals surface area contributed by atoms with E-state index in [1.807, 2.05) is 24.3 Å². The molecule has 1 nitrogen and oxygen atoms in total. The van der Waals surface area contributed by atoms with Crippen molar-refractivity contribution in [1.82, 2.24) is 0 Å². The molecule has 2 aromatic carbocycles. The summed E-state index contributed by atoms with van der Waals surface area (Å²) >= 11 is 0. The predicted molar refractivity (Wildman–Crippen MR) is 93.7 cm³/mol. The normalized spacial score (nSPS) is 26.0. The highest BCUT2D eigenvalue weighted by molar-refractivity contribution is 5.54. The van der Waals surface area contributed by atoms with E-state index in [0.29, 0.717) is 5.92 Å². The highest BCUT2D eigenvalue weighted by Gasteiger charge is 2.64. The van der Waals surface area contributed by atoms with Gasteiger partial charge in [0, 0.05) is 11.5 Å². The van der Waals surface area contributed by atoms with Gasteiger partial charge in [-0.15, -0.1) is 0 Å². The first-order valence-corrected chi connectivity index (χ1v) is 8.47. The number of hydrogen-bond donors (Lipinski definition) is 0. The van der Waals surface area contributed by atoms with Gasteiger partial charge in [-0.05, 0) is 54.3 Å². The first-order valence-electron chi connectivity index (χ1n) is 8.47. The van der Waals surface area contributed by atoms with Crippen molar-refractivity contribution in [3.8, 4) is 17.6 Å². The van der Waals surface area contributed by atoms with Gasteiger partial charge in [-0.2, -0.15) is 13.2 Å². The third kappa shape index (κ3) is 2.68. The van der Waals surface area contributed by atoms with E-state index < -0.39 is 11.7 Å². The molecule has 2 aliphatic carbocycles. The summed E-state index contributed by atoms with van der Waals surface area (Å²) in [6.45, 7) is 0. The van der Waals surface area contributed by atoms with Gasteiger partial charge in [0.1, 0.15) is 5.75 Å². The lowest BCUT2D eigenvalue weighted by atomic mass is 9.89. The summed E-state index contributed by atoms with van der Waals surface area (Å²) in [6.07, 6.45) is 0.876. The van der Waals surface area contributed by atoms with Crippen LogP contribution in [0.1, 0.15) is 23.1 Å². The van der Waals surface area contributed by atoms with Crippen molar-refractivity contribution in [2.24, 2.45) is 11.8 Å². The number of benzene rings is 2. The van der Waals surface area contributed by atoms with Crippen molar-refractivity contribution in [2.75, 3.05) is 7.11 Å². The predicted octanol–water partition coefficient (Wildman–Crippen LogP) is 5.21. The largest absolute Gasteiger partial charge is 0.497 e. The summed E-state index contributed by atoms with van der Waals surface area (Å²) in [5.74, 6) is 7.98. The zero-order valence-electron chi connectivity index (χ0n) is 14.2. The lowest BCUT2D eigenvalue weighted by Crippen LogP contribution is -2.12. The van der Waals surface area contributed by atoms with Crippen LogP contribution in [0.3, 0.4) is 0 Å². The Hall–Kier alpha value is -2.67. The molecule has 132 valence electrons. The van der Waals surface area contributed by atoms with Crippen LogP contribution >= 0.6 is 0 Å². The number of alkyl halides is 3. The number of fused-ring (bicyclic) bond motifs is 1. The Kier molecular flexibility index (Phi) is 3.84. The van der Waals surface area contributed by atoms with E-state index in [4.69, 9.17) is 4.74 Å². The minimum atomic E-state index is -4.32. The molecule has 3 atom stereocenters. The van der Waals surface area contributed by atoms with Crippen LogP contribution in [0.2, 0.25) is 0 Å². The van der Waals surface area contributed by atoms with Crippen LogP contribution in [-0.4, -0.2) is 7.11 Å². The quantitative estimate of drug-likeness (QED) is 0.531. The maximum Gasteiger partial charge on any atom is 0.416 e. The van der Waals surface area contributed by atoms with Crippen LogP contribution in [0.5, 0.6) is 5.75 Å². The number of allylic oxidation sites excluding steroid dienone is 2. The molecule has 2 aromatic rings. The van der Waals surface area contributed by atoms with Gasteiger partial charge in [0.05, 0.1) is 18.1 Å². The van der Waals surface area contributed by atoms with Gasteiger partial charge in [0.2, 0.25) is 0 Å². The monoisotopic (exact) mass is 354 g/mol. The molecule has 0 bridgehead atoms. The lowest BCUT2D eigenvalue weighted by Gasteiger charge is -2.15. The SMILES string of the molecule is COc1ccc(C#CC2(c3ccc(C(F)(F)F)cc3)C3C=CCC32)cc1. The standard InChI is InChI=1S/C22H17F3O/c1-26-18-11-5-15(6-12-18)13-14-21(19-3-2-4-20(19)21)16-7-9-17(10-8-16)22(23,24)25/h2-3,5-12,19-20H,4H2,1H3. The molecule has 2 aliphatic rings. The van der Waals surface area contributed by atoms with E-state index in [-0.39, 0.29) is 11.3 Å². The van der Waals surface area contributed by atoms with Crippen molar-refractivity contribution in [3.63, 3.8) is 0 Å². The van der Waals surface area contributed by atoms with Crippen molar-refractivity contribution in [2.45, 2.75) is 18.0 Å². The summed E-state index contributed by atoms with van der Waals surface area (Å²) in [4.78, 5) is 0. The van der Waals surface area contributed by atoms with Gasteiger partial charge in [0.25, 0.3) is 0 Å². The molecule has 3 unspecified atom stereocenters. The highest BCUT2D eigenvalue weighted by Crippen LogP contribution is 2.65. The fourth-order valence-corrected chi connectivity index (χ4v) is 3.92. The molecule has 0 amide bonds. The first kappa shape index (κ1) is 16.8. The van der Waals surface area contributed by atoms with Crippen LogP contribution in [0.4, 0.5) is 13.2 Å². The molecule has 0 saturated heterocycles. The topological polar surface area (TPSA) is 9.23 Å². The smallest absolute Gasteiger partial charge is 0.416 e. The minimum absolute atomic E-state index is 0.282. The molecule has 4 rings (SSSR count). The van der Waals surface area contributed by atoms with Crippen LogP contribution in [0.15, 0.2) is 60.7 Å². The number of halogens is 3. The summed E-state index contributed by atoms with van der Waals surface area (Å²) in [5, 5.41) is 0. The summed E-state index contributed by atoms with van der Waals surface area (Å²) in [6, 6.07) is 13.0. The van der Waals surface area contributed by atoms with Crippen LogP contribution < -0.4 is 4.74 Å². The zero-order valence-corrected chi connectivity index (χ0v) is 14.2. The van der Waals surface area contributed by atoms with E-state index in [2.05, 4.69) is 24.0 Å².